The maximum absolute atomic E-state index is 12.1. The van der Waals surface area contributed by atoms with Crippen molar-refractivity contribution in [3.05, 3.63) is 59.7 Å². The first kappa shape index (κ1) is 18.7. The number of carbonyl (C=O) groups excluding carboxylic acids is 2. The molecular weight excluding hydrogens is 314 g/mol. The van der Waals surface area contributed by atoms with Gasteiger partial charge in [0.25, 0.3) is 0 Å². The Balaban J connectivity index is 1.77. The molecule has 1 amide bonds. The predicted octanol–water partition coefficient (Wildman–Crippen LogP) is 4.78. The number of hydrogen-bond donors (Lipinski definition) is 1. The second-order valence-electron chi connectivity index (χ2n) is 6.06. The van der Waals surface area contributed by atoms with Crippen molar-refractivity contribution in [1.29, 1.82) is 0 Å². The lowest BCUT2D eigenvalue weighted by molar-refractivity contribution is -0.116. The molecule has 2 aromatic rings. The van der Waals surface area contributed by atoms with Crippen LogP contribution in [0.5, 0.6) is 5.75 Å². The van der Waals surface area contributed by atoms with Crippen LogP contribution in [0.3, 0.4) is 0 Å². The van der Waals surface area contributed by atoms with Crippen LogP contribution in [0.1, 0.15) is 48.5 Å². The Bertz CT molecular complexity index is 690. The maximum Gasteiger partial charge on any atom is 0.224 e. The van der Waals surface area contributed by atoms with Gasteiger partial charge in [0.1, 0.15) is 5.75 Å². The first-order valence-electron chi connectivity index (χ1n) is 8.71. The minimum atomic E-state index is -0.167. The van der Waals surface area contributed by atoms with Crippen molar-refractivity contribution >= 4 is 17.4 Å². The van der Waals surface area contributed by atoms with Crippen LogP contribution in [0.4, 0.5) is 5.69 Å². The van der Waals surface area contributed by atoms with Gasteiger partial charge in [-0.15, -0.1) is 0 Å². The monoisotopic (exact) mass is 339 g/mol. The number of ether oxygens (including phenoxy) is 1. The van der Waals surface area contributed by atoms with Crippen LogP contribution in [0.15, 0.2) is 48.5 Å². The number of anilines is 1. The molecule has 0 unspecified atom stereocenters. The van der Waals surface area contributed by atoms with Gasteiger partial charge in [-0.25, -0.2) is 0 Å². The van der Waals surface area contributed by atoms with E-state index in [0.717, 1.165) is 24.2 Å². The summed E-state index contributed by atoms with van der Waals surface area (Å²) in [5, 5.41) is 2.81. The first-order valence-corrected chi connectivity index (χ1v) is 8.71. The molecule has 2 aromatic carbocycles. The molecule has 1 N–H and O–H groups in total. The van der Waals surface area contributed by atoms with Crippen molar-refractivity contribution in [1.82, 2.24) is 0 Å². The van der Waals surface area contributed by atoms with E-state index in [1.54, 1.807) is 24.3 Å². The molecular formula is C21H25NO3. The highest BCUT2D eigenvalue weighted by molar-refractivity contribution is 6.00. The topological polar surface area (TPSA) is 55.4 Å². The molecule has 0 spiro atoms. The Labute approximate surface area is 149 Å². The zero-order chi connectivity index (χ0) is 18.1. The van der Waals surface area contributed by atoms with Crippen molar-refractivity contribution in [3.8, 4) is 5.75 Å². The zero-order valence-electron chi connectivity index (χ0n) is 14.9. The zero-order valence-corrected chi connectivity index (χ0v) is 14.9. The van der Waals surface area contributed by atoms with E-state index in [2.05, 4.69) is 12.2 Å². The number of carbonyl (C=O) groups is 2. The summed E-state index contributed by atoms with van der Waals surface area (Å²) in [6, 6.07) is 14.7. The molecule has 0 fully saturated rings. The van der Waals surface area contributed by atoms with Gasteiger partial charge in [-0.2, -0.15) is 0 Å². The van der Waals surface area contributed by atoms with Gasteiger partial charge in [0.15, 0.2) is 5.78 Å². The van der Waals surface area contributed by atoms with Crippen LogP contribution in [-0.4, -0.2) is 18.3 Å². The Morgan fingerprint density at radius 3 is 2.28 bits per heavy atom. The summed E-state index contributed by atoms with van der Waals surface area (Å²) in [4.78, 5) is 24.1. The van der Waals surface area contributed by atoms with Gasteiger partial charge in [0.05, 0.1) is 6.61 Å². The number of unbranched alkanes of at least 4 members (excludes halogenated alkanes) is 1. The van der Waals surface area contributed by atoms with E-state index in [9.17, 15) is 9.59 Å². The van der Waals surface area contributed by atoms with Gasteiger partial charge >= 0.3 is 0 Å². The standard InChI is InChI=1S/C21H25NO3/c1-3-4-15-25-19-11-9-18(10-12-19)22-21(24)14-13-20(23)17-7-5-16(2)6-8-17/h5-12H,3-4,13-15H2,1-2H3,(H,22,24). The van der Waals surface area contributed by atoms with Crippen molar-refractivity contribution in [2.45, 2.75) is 39.5 Å². The van der Waals surface area contributed by atoms with Crippen molar-refractivity contribution in [3.63, 3.8) is 0 Å². The lowest BCUT2D eigenvalue weighted by atomic mass is 10.0. The fourth-order valence-electron chi connectivity index (χ4n) is 2.30. The van der Waals surface area contributed by atoms with E-state index in [0.29, 0.717) is 17.9 Å². The average Bonchev–Trinajstić information content (AvgIpc) is 2.62. The highest BCUT2D eigenvalue weighted by Crippen LogP contribution is 2.16. The highest BCUT2D eigenvalue weighted by atomic mass is 16.5. The molecule has 0 saturated carbocycles. The molecule has 0 heterocycles. The molecule has 25 heavy (non-hydrogen) atoms. The molecule has 0 bridgehead atoms. The van der Waals surface area contributed by atoms with Crippen molar-refractivity contribution in [2.24, 2.45) is 0 Å². The molecule has 0 aliphatic rings. The summed E-state index contributed by atoms with van der Waals surface area (Å²) in [5.74, 6) is 0.607. The molecule has 0 saturated heterocycles. The van der Waals surface area contributed by atoms with Crippen molar-refractivity contribution < 1.29 is 14.3 Å². The molecule has 0 atom stereocenters. The lowest BCUT2D eigenvalue weighted by Gasteiger charge is -2.08. The van der Waals surface area contributed by atoms with Gasteiger partial charge in [0, 0.05) is 24.1 Å². The quantitative estimate of drug-likeness (QED) is 0.528. The van der Waals surface area contributed by atoms with Crippen LogP contribution >= 0.6 is 0 Å². The Kier molecular flexibility index (Phi) is 7.20. The number of aryl methyl sites for hydroxylation is 1. The number of amides is 1. The van der Waals surface area contributed by atoms with Gasteiger partial charge in [-0.1, -0.05) is 43.2 Å². The summed E-state index contributed by atoms with van der Waals surface area (Å²) in [6.07, 6.45) is 2.48. The fourth-order valence-corrected chi connectivity index (χ4v) is 2.30. The second-order valence-corrected chi connectivity index (χ2v) is 6.06. The highest BCUT2D eigenvalue weighted by Gasteiger charge is 2.09. The number of hydrogen-bond acceptors (Lipinski definition) is 3. The normalized spacial score (nSPS) is 10.3. The largest absolute Gasteiger partial charge is 0.494 e. The van der Waals surface area contributed by atoms with Crippen LogP contribution in [0.2, 0.25) is 0 Å². The number of nitrogens with one attached hydrogen (secondary N) is 1. The Hall–Kier alpha value is -2.62. The van der Waals surface area contributed by atoms with E-state index in [1.807, 2.05) is 31.2 Å². The summed E-state index contributed by atoms with van der Waals surface area (Å²) in [5.41, 5.74) is 2.46. The second kappa shape index (κ2) is 9.62. The molecule has 132 valence electrons. The van der Waals surface area contributed by atoms with Gasteiger partial charge in [-0.05, 0) is 37.6 Å². The molecule has 0 radical (unpaired) electrons. The first-order chi connectivity index (χ1) is 12.1. The van der Waals surface area contributed by atoms with E-state index in [-0.39, 0.29) is 24.5 Å². The molecule has 0 aliphatic carbocycles. The van der Waals surface area contributed by atoms with Crippen molar-refractivity contribution in [2.75, 3.05) is 11.9 Å². The van der Waals surface area contributed by atoms with Gasteiger partial charge in [0.2, 0.25) is 5.91 Å². The van der Waals surface area contributed by atoms with E-state index in [1.165, 1.54) is 0 Å². The Morgan fingerprint density at radius 1 is 0.960 bits per heavy atom. The van der Waals surface area contributed by atoms with Gasteiger partial charge < -0.3 is 10.1 Å². The maximum atomic E-state index is 12.1. The summed E-state index contributed by atoms with van der Waals surface area (Å²) >= 11 is 0. The lowest BCUT2D eigenvalue weighted by Crippen LogP contribution is -2.13. The van der Waals surface area contributed by atoms with Crippen LogP contribution in [-0.2, 0) is 4.79 Å². The third-order valence-electron chi connectivity index (χ3n) is 3.86. The number of Topliss-reactive ketones (excluding diaryl/α,β-unsaturated/α-hetero) is 1. The van der Waals surface area contributed by atoms with Crippen LogP contribution in [0, 0.1) is 6.92 Å². The third kappa shape index (κ3) is 6.42. The fraction of sp³-hybridized carbons (Fsp3) is 0.333. The third-order valence-corrected chi connectivity index (χ3v) is 3.86. The number of ketones is 1. The SMILES string of the molecule is CCCCOc1ccc(NC(=O)CCC(=O)c2ccc(C)cc2)cc1. The van der Waals surface area contributed by atoms with E-state index >= 15 is 0 Å². The van der Waals surface area contributed by atoms with E-state index in [4.69, 9.17) is 4.74 Å². The number of benzene rings is 2. The van der Waals surface area contributed by atoms with E-state index < -0.39 is 0 Å². The molecule has 4 nitrogen and oxygen atoms in total. The minimum Gasteiger partial charge on any atom is -0.494 e. The van der Waals surface area contributed by atoms with Crippen LogP contribution < -0.4 is 10.1 Å². The molecule has 0 aliphatic heterocycles. The Morgan fingerprint density at radius 2 is 1.64 bits per heavy atom. The van der Waals surface area contributed by atoms with Crippen LogP contribution in [0.25, 0.3) is 0 Å². The number of rotatable bonds is 9. The summed E-state index contributed by atoms with van der Waals surface area (Å²) in [7, 11) is 0. The smallest absolute Gasteiger partial charge is 0.224 e. The molecule has 2 rings (SSSR count). The summed E-state index contributed by atoms with van der Waals surface area (Å²) in [6.45, 7) is 4.79. The molecule has 4 heteroatoms. The average molecular weight is 339 g/mol. The molecule has 0 aromatic heterocycles. The summed E-state index contributed by atoms with van der Waals surface area (Å²) < 4.78 is 5.59. The predicted molar refractivity (Wildman–Crippen MR) is 100 cm³/mol. The minimum absolute atomic E-state index is 0.0187. The van der Waals surface area contributed by atoms with Gasteiger partial charge in [-0.3, -0.25) is 9.59 Å².